The van der Waals surface area contributed by atoms with Gasteiger partial charge in [0.15, 0.2) is 0 Å². The molecule has 2 aromatic carbocycles. The van der Waals surface area contributed by atoms with Crippen LogP contribution in [-0.4, -0.2) is 36.2 Å². The van der Waals surface area contributed by atoms with Gasteiger partial charge in [-0.1, -0.05) is 75.9 Å². The number of methoxy groups -OCH3 is 1. The Hall–Kier alpha value is -2.31. The molecule has 5 nitrogen and oxygen atoms in total. The molecule has 0 saturated carbocycles. The second kappa shape index (κ2) is 11.2. The smallest absolute Gasteiger partial charge is 0.349 e. The lowest BCUT2D eigenvalue weighted by Gasteiger charge is -2.47. The quantitative estimate of drug-likeness (QED) is 0.442. The molecular weight excluding hydrogens is 436 g/mol. The van der Waals surface area contributed by atoms with Gasteiger partial charge in [0.2, 0.25) is 4.93 Å². The van der Waals surface area contributed by atoms with Gasteiger partial charge < -0.3 is 14.2 Å². The van der Waals surface area contributed by atoms with Gasteiger partial charge in [-0.25, -0.2) is 9.59 Å². The molecule has 1 heterocycles. The summed E-state index contributed by atoms with van der Waals surface area (Å²) < 4.78 is 17.8. The Balaban J connectivity index is 1.86. The van der Waals surface area contributed by atoms with Crippen LogP contribution in [0.3, 0.4) is 0 Å². The third-order valence-electron chi connectivity index (χ3n) is 6.63. The molecule has 0 N–H and O–H groups in total. The molecule has 178 valence electrons. The molecule has 2 aromatic rings. The van der Waals surface area contributed by atoms with Gasteiger partial charge in [-0.15, -0.1) is 0 Å². The normalized spacial score (nSPS) is 26.8. The van der Waals surface area contributed by atoms with Gasteiger partial charge >= 0.3 is 11.9 Å². The van der Waals surface area contributed by atoms with Crippen molar-refractivity contribution < 1.29 is 23.8 Å². The highest BCUT2D eigenvalue weighted by Gasteiger charge is 2.53. The fourth-order valence-corrected chi connectivity index (χ4v) is 5.87. The van der Waals surface area contributed by atoms with E-state index in [0.29, 0.717) is 18.4 Å². The Labute approximate surface area is 201 Å². The zero-order valence-corrected chi connectivity index (χ0v) is 20.8. The van der Waals surface area contributed by atoms with Crippen molar-refractivity contribution in [3.8, 4) is 0 Å². The maximum absolute atomic E-state index is 13.1. The van der Waals surface area contributed by atoms with E-state index in [4.69, 9.17) is 14.2 Å². The Kier molecular flexibility index (Phi) is 8.60. The molecule has 1 aliphatic rings. The lowest BCUT2D eigenvalue weighted by Crippen LogP contribution is -2.54. The number of hydrogen-bond acceptors (Lipinski definition) is 6. The maximum atomic E-state index is 13.1. The molecule has 1 saturated heterocycles. The summed E-state index contributed by atoms with van der Waals surface area (Å²) in [4.78, 5) is 25.6. The Morgan fingerprint density at radius 3 is 2.27 bits per heavy atom. The van der Waals surface area contributed by atoms with Gasteiger partial charge in [0, 0.05) is 17.2 Å². The highest BCUT2D eigenvalue weighted by atomic mass is 32.2. The van der Waals surface area contributed by atoms with Crippen molar-refractivity contribution >= 4 is 23.7 Å². The van der Waals surface area contributed by atoms with Crippen LogP contribution in [0.2, 0.25) is 0 Å². The van der Waals surface area contributed by atoms with Crippen LogP contribution in [-0.2, 0) is 19.0 Å². The van der Waals surface area contributed by atoms with E-state index in [1.165, 1.54) is 18.9 Å². The van der Waals surface area contributed by atoms with Crippen LogP contribution >= 0.6 is 11.8 Å². The van der Waals surface area contributed by atoms with Crippen molar-refractivity contribution in [3.63, 3.8) is 0 Å². The van der Waals surface area contributed by atoms with Gasteiger partial charge in [0.05, 0.1) is 18.8 Å². The van der Waals surface area contributed by atoms with Crippen molar-refractivity contribution in [2.45, 2.75) is 62.6 Å². The number of benzene rings is 2. The summed E-state index contributed by atoms with van der Waals surface area (Å²) in [5.74, 6) is -0.450. The first-order valence-corrected chi connectivity index (χ1v) is 12.4. The van der Waals surface area contributed by atoms with Crippen molar-refractivity contribution in [3.05, 3.63) is 66.2 Å². The second-order valence-electron chi connectivity index (χ2n) is 8.86. The molecule has 0 bridgehead atoms. The van der Waals surface area contributed by atoms with E-state index in [-0.39, 0.29) is 41.9 Å². The summed E-state index contributed by atoms with van der Waals surface area (Å²) >= 11 is 1.40. The Morgan fingerprint density at radius 1 is 1.09 bits per heavy atom. The first-order valence-electron chi connectivity index (χ1n) is 11.6. The topological polar surface area (TPSA) is 61.8 Å². The third kappa shape index (κ3) is 5.79. The minimum Gasteiger partial charge on any atom is -0.466 e. The highest BCUT2D eigenvalue weighted by molar-refractivity contribution is 8.01. The molecule has 6 heteroatoms. The maximum Gasteiger partial charge on any atom is 0.349 e. The highest BCUT2D eigenvalue weighted by Crippen LogP contribution is 2.49. The molecule has 0 aromatic heterocycles. The van der Waals surface area contributed by atoms with Gasteiger partial charge in [-0.2, -0.15) is 0 Å². The number of rotatable bonds is 8. The van der Waals surface area contributed by atoms with E-state index >= 15 is 0 Å². The molecule has 0 aliphatic carbocycles. The monoisotopic (exact) mass is 470 g/mol. The van der Waals surface area contributed by atoms with Crippen LogP contribution in [0.5, 0.6) is 0 Å². The molecule has 0 radical (unpaired) electrons. The van der Waals surface area contributed by atoms with Gasteiger partial charge in [0.1, 0.15) is 6.10 Å². The summed E-state index contributed by atoms with van der Waals surface area (Å²) in [6.45, 7) is 8.34. The van der Waals surface area contributed by atoms with E-state index in [2.05, 4.69) is 13.8 Å². The number of carbonyl (C=O) groups is 2. The van der Waals surface area contributed by atoms with Crippen molar-refractivity contribution in [2.75, 3.05) is 7.11 Å². The fraction of sp³-hybridized carbons (Fsp3) is 0.481. The van der Waals surface area contributed by atoms with Crippen LogP contribution in [0.25, 0.3) is 0 Å². The van der Waals surface area contributed by atoms with Gasteiger partial charge in [0.25, 0.3) is 0 Å². The lowest BCUT2D eigenvalue weighted by molar-refractivity contribution is -0.190. The summed E-state index contributed by atoms with van der Waals surface area (Å²) in [7, 11) is 1.40. The Morgan fingerprint density at radius 2 is 1.70 bits per heavy atom. The van der Waals surface area contributed by atoms with E-state index in [0.717, 1.165) is 4.90 Å². The van der Waals surface area contributed by atoms with Gasteiger partial charge in [-0.05, 0) is 42.5 Å². The Bertz CT molecular complexity index is 919. The van der Waals surface area contributed by atoms with Crippen molar-refractivity contribution in [2.24, 2.45) is 17.8 Å². The SMILES string of the molecule is CC[C@@H](OC(=O)c1ccccc1)[C@@H](C)C1O[C@](Sc2ccccc2)(C(=O)OC)C[C@@H](C)[C@H]1C. The molecule has 1 aliphatic heterocycles. The van der Waals surface area contributed by atoms with E-state index < -0.39 is 4.93 Å². The number of thioether (sulfide) groups is 1. The second-order valence-corrected chi connectivity index (χ2v) is 10.2. The van der Waals surface area contributed by atoms with Crippen LogP contribution < -0.4 is 0 Å². The zero-order valence-electron chi connectivity index (χ0n) is 20.0. The summed E-state index contributed by atoms with van der Waals surface area (Å²) in [6.07, 6.45) is 0.576. The summed E-state index contributed by atoms with van der Waals surface area (Å²) in [5.41, 5.74) is 0.526. The third-order valence-corrected chi connectivity index (χ3v) is 7.90. The van der Waals surface area contributed by atoms with E-state index in [9.17, 15) is 9.59 Å². The number of hydrogen-bond donors (Lipinski definition) is 0. The van der Waals surface area contributed by atoms with Crippen LogP contribution in [0, 0.1) is 17.8 Å². The number of esters is 2. The van der Waals surface area contributed by atoms with Crippen molar-refractivity contribution in [1.29, 1.82) is 0 Å². The minimum absolute atomic E-state index is 0.110. The molecule has 3 rings (SSSR count). The molecule has 0 spiro atoms. The van der Waals surface area contributed by atoms with Crippen LogP contribution in [0.1, 0.15) is 50.9 Å². The molecule has 6 atom stereocenters. The molecule has 33 heavy (non-hydrogen) atoms. The van der Waals surface area contributed by atoms with Crippen LogP contribution in [0.4, 0.5) is 0 Å². The average Bonchev–Trinajstić information content (AvgIpc) is 2.84. The average molecular weight is 471 g/mol. The minimum atomic E-state index is -1.15. The summed E-state index contributed by atoms with van der Waals surface area (Å²) in [6, 6.07) is 18.8. The number of carbonyl (C=O) groups excluding carboxylic acids is 2. The van der Waals surface area contributed by atoms with Crippen LogP contribution in [0.15, 0.2) is 65.6 Å². The predicted molar refractivity (Wildman–Crippen MR) is 130 cm³/mol. The van der Waals surface area contributed by atoms with Crippen molar-refractivity contribution in [1.82, 2.24) is 0 Å². The van der Waals surface area contributed by atoms with Gasteiger partial charge in [-0.3, -0.25) is 0 Å². The lowest BCUT2D eigenvalue weighted by atomic mass is 9.77. The standard InChI is InChI=1S/C27H34O5S/c1-6-23(31-25(28)21-13-9-7-10-14-21)20(4)24-19(3)18(2)17-27(32-24,26(29)30-5)33-22-15-11-8-12-16-22/h7-16,18-20,23-24H,6,17H2,1-5H3/t18-,19-,20-,23-,24?,27-/m1/s1. The molecule has 1 fully saturated rings. The van der Waals surface area contributed by atoms with E-state index in [1.54, 1.807) is 12.1 Å². The molecule has 0 amide bonds. The summed E-state index contributed by atoms with van der Waals surface area (Å²) in [5, 5.41) is 0. The fourth-order valence-electron chi connectivity index (χ4n) is 4.52. The molecule has 1 unspecified atom stereocenters. The molecular formula is C27H34O5S. The predicted octanol–water partition coefficient (Wildman–Crippen LogP) is 5.98. The first-order chi connectivity index (χ1) is 15.8. The largest absolute Gasteiger partial charge is 0.466 e. The first kappa shape index (κ1) is 25.3. The van der Waals surface area contributed by atoms with E-state index in [1.807, 2.05) is 62.4 Å². The zero-order chi connectivity index (χ0) is 24.0. The number of ether oxygens (including phenoxy) is 3.